The first-order valence-electron chi connectivity index (χ1n) is 8.90. The quantitative estimate of drug-likeness (QED) is 0.844. The smallest absolute Gasteiger partial charge is 0.262 e. The van der Waals surface area contributed by atoms with E-state index in [0.29, 0.717) is 37.2 Å². The molecule has 0 spiro atoms. The number of nitrogens with zero attached hydrogens (tertiary/aromatic N) is 3. The molecule has 2 aromatic rings. The largest absolute Gasteiger partial charge is 0.336 e. The minimum Gasteiger partial charge on any atom is -0.336 e. The molecule has 0 saturated carbocycles. The third-order valence-electron chi connectivity index (χ3n) is 4.78. The van der Waals surface area contributed by atoms with Crippen LogP contribution in [0.2, 0.25) is 0 Å². The maximum atomic E-state index is 13.2. The lowest BCUT2D eigenvalue weighted by Gasteiger charge is -2.30. The van der Waals surface area contributed by atoms with Crippen LogP contribution in [0.3, 0.4) is 0 Å². The molecule has 1 fully saturated rings. The number of carbonyl (C=O) groups excluding carboxylic acids is 1. The Kier molecular flexibility index (Phi) is 5.61. The third kappa shape index (κ3) is 4.19. The van der Waals surface area contributed by atoms with E-state index in [1.807, 2.05) is 6.92 Å². The molecule has 0 bridgehead atoms. The van der Waals surface area contributed by atoms with Crippen LogP contribution in [0.15, 0.2) is 35.7 Å². The Bertz CT molecular complexity index is 942. The van der Waals surface area contributed by atoms with Crippen molar-refractivity contribution in [2.75, 3.05) is 18.4 Å². The van der Waals surface area contributed by atoms with E-state index in [4.69, 9.17) is 0 Å². The number of hydrogen-bond donors (Lipinski definition) is 1. The summed E-state index contributed by atoms with van der Waals surface area (Å²) >= 11 is 0. The number of rotatable bonds is 5. The average Bonchev–Trinajstić information content (AvgIpc) is 3.14. The average molecular weight is 394 g/mol. The van der Waals surface area contributed by atoms with Gasteiger partial charge in [-0.1, -0.05) is 0 Å². The van der Waals surface area contributed by atoms with Crippen molar-refractivity contribution < 1.29 is 17.6 Å². The molecule has 1 aliphatic rings. The lowest BCUT2D eigenvalue weighted by atomic mass is 9.98. The van der Waals surface area contributed by atoms with E-state index in [1.165, 1.54) is 35.0 Å². The Morgan fingerprint density at radius 2 is 2.19 bits per heavy atom. The van der Waals surface area contributed by atoms with Gasteiger partial charge < -0.3 is 9.88 Å². The Labute approximate surface area is 158 Å². The van der Waals surface area contributed by atoms with Gasteiger partial charge in [0.2, 0.25) is 5.91 Å². The summed E-state index contributed by atoms with van der Waals surface area (Å²) in [6.45, 7) is 4.70. The molecule has 0 aliphatic carbocycles. The highest BCUT2D eigenvalue weighted by Gasteiger charge is 2.34. The van der Waals surface area contributed by atoms with Gasteiger partial charge in [-0.15, -0.1) is 0 Å². The van der Waals surface area contributed by atoms with Crippen LogP contribution in [-0.4, -0.2) is 41.3 Å². The summed E-state index contributed by atoms with van der Waals surface area (Å²) in [5.74, 6) is -1.10. The van der Waals surface area contributed by atoms with Crippen molar-refractivity contribution >= 4 is 21.6 Å². The molecule has 1 aliphatic heterocycles. The summed E-state index contributed by atoms with van der Waals surface area (Å²) in [5.41, 5.74) is 1.15. The second-order valence-corrected chi connectivity index (χ2v) is 8.58. The van der Waals surface area contributed by atoms with Gasteiger partial charge in [0.1, 0.15) is 5.82 Å². The number of aromatic nitrogens is 2. The number of nitrogens with one attached hydrogen (secondary N) is 1. The molecule has 27 heavy (non-hydrogen) atoms. The summed E-state index contributed by atoms with van der Waals surface area (Å²) in [6.07, 6.45) is 4.18. The third-order valence-corrected chi connectivity index (χ3v) is 6.53. The second kappa shape index (κ2) is 7.77. The molecule has 7 nitrogen and oxygen atoms in total. The topological polar surface area (TPSA) is 84.3 Å². The van der Waals surface area contributed by atoms with Crippen LogP contribution in [0.5, 0.6) is 0 Å². The number of amides is 1. The monoisotopic (exact) mass is 394 g/mol. The number of imidazole rings is 1. The van der Waals surface area contributed by atoms with Crippen LogP contribution in [0.4, 0.5) is 10.1 Å². The molecule has 1 unspecified atom stereocenters. The van der Waals surface area contributed by atoms with Crippen molar-refractivity contribution in [3.63, 3.8) is 0 Å². The predicted molar refractivity (Wildman–Crippen MR) is 99.2 cm³/mol. The number of benzene rings is 1. The number of anilines is 1. The zero-order chi connectivity index (χ0) is 19.6. The van der Waals surface area contributed by atoms with Gasteiger partial charge in [-0.2, -0.15) is 4.31 Å². The zero-order valence-corrected chi connectivity index (χ0v) is 16.2. The van der Waals surface area contributed by atoms with Crippen LogP contribution in [0, 0.1) is 18.7 Å². The van der Waals surface area contributed by atoms with Gasteiger partial charge in [-0.3, -0.25) is 4.79 Å². The first-order chi connectivity index (χ1) is 12.8. The molecular weight excluding hydrogens is 371 g/mol. The highest BCUT2D eigenvalue weighted by atomic mass is 32.2. The SMILES string of the molecule is CCn1cnc(S(=O)(=O)N2CCCC(C(=O)Nc3ccc(F)cc3C)C2)c1. The second-order valence-electron chi connectivity index (χ2n) is 6.69. The Morgan fingerprint density at radius 3 is 2.85 bits per heavy atom. The van der Waals surface area contributed by atoms with Crippen molar-refractivity contribution in [1.82, 2.24) is 13.9 Å². The molecule has 9 heteroatoms. The van der Waals surface area contributed by atoms with E-state index < -0.39 is 15.9 Å². The van der Waals surface area contributed by atoms with Crippen molar-refractivity contribution in [2.45, 2.75) is 38.3 Å². The van der Waals surface area contributed by atoms with Gasteiger partial charge in [-0.25, -0.2) is 17.8 Å². The van der Waals surface area contributed by atoms with E-state index in [1.54, 1.807) is 11.5 Å². The number of aryl methyl sites for hydroxylation is 2. The first-order valence-corrected chi connectivity index (χ1v) is 10.3. The van der Waals surface area contributed by atoms with Crippen LogP contribution in [0.25, 0.3) is 0 Å². The van der Waals surface area contributed by atoms with E-state index in [-0.39, 0.29) is 23.3 Å². The molecular formula is C18H23FN4O3S. The normalized spacial score (nSPS) is 18.4. The van der Waals surface area contributed by atoms with Gasteiger partial charge in [0.05, 0.1) is 12.2 Å². The predicted octanol–water partition coefficient (Wildman–Crippen LogP) is 2.39. The summed E-state index contributed by atoms with van der Waals surface area (Å²) in [7, 11) is -3.73. The number of carbonyl (C=O) groups is 1. The summed E-state index contributed by atoms with van der Waals surface area (Å²) < 4.78 is 41.9. The lowest BCUT2D eigenvalue weighted by molar-refractivity contribution is -0.120. The first kappa shape index (κ1) is 19.5. The van der Waals surface area contributed by atoms with Gasteiger partial charge in [0.15, 0.2) is 5.03 Å². The van der Waals surface area contributed by atoms with Crippen LogP contribution >= 0.6 is 0 Å². The van der Waals surface area contributed by atoms with Crippen molar-refractivity contribution in [1.29, 1.82) is 0 Å². The fourth-order valence-corrected chi connectivity index (χ4v) is 4.61. The van der Waals surface area contributed by atoms with Gasteiger partial charge >= 0.3 is 0 Å². The van der Waals surface area contributed by atoms with Gasteiger partial charge in [0, 0.05) is 31.5 Å². The molecule has 1 N–H and O–H groups in total. The van der Waals surface area contributed by atoms with E-state index in [9.17, 15) is 17.6 Å². The van der Waals surface area contributed by atoms with Crippen molar-refractivity contribution in [3.05, 3.63) is 42.1 Å². The Balaban J connectivity index is 1.72. The molecule has 1 aromatic carbocycles. The van der Waals surface area contributed by atoms with E-state index in [0.717, 1.165) is 0 Å². The minimum absolute atomic E-state index is 0.000197. The van der Waals surface area contributed by atoms with E-state index >= 15 is 0 Å². The lowest BCUT2D eigenvalue weighted by Crippen LogP contribution is -2.43. The Morgan fingerprint density at radius 1 is 1.41 bits per heavy atom. The number of hydrogen-bond acceptors (Lipinski definition) is 4. The molecule has 1 amide bonds. The van der Waals surface area contributed by atoms with Crippen LogP contribution < -0.4 is 5.32 Å². The summed E-state index contributed by atoms with van der Waals surface area (Å²) in [5, 5.41) is 2.79. The zero-order valence-electron chi connectivity index (χ0n) is 15.4. The molecule has 1 aromatic heterocycles. The fourth-order valence-electron chi connectivity index (χ4n) is 3.15. The van der Waals surface area contributed by atoms with E-state index in [2.05, 4.69) is 10.3 Å². The molecule has 1 atom stereocenters. The van der Waals surface area contributed by atoms with Gasteiger partial charge in [-0.05, 0) is 50.5 Å². The molecule has 3 rings (SSSR count). The van der Waals surface area contributed by atoms with Crippen LogP contribution in [-0.2, 0) is 21.4 Å². The number of sulfonamides is 1. The summed E-state index contributed by atoms with van der Waals surface area (Å²) in [6, 6.07) is 4.14. The standard InChI is InChI=1S/C18H23FN4O3S/c1-3-22-11-17(20-12-22)27(25,26)23-8-4-5-14(10-23)18(24)21-16-7-6-15(19)9-13(16)2/h6-7,9,11-12,14H,3-5,8,10H2,1-2H3,(H,21,24). The van der Waals surface area contributed by atoms with Crippen molar-refractivity contribution in [2.24, 2.45) is 5.92 Å². The molecule has 146 valence electrons. The maximum absolute atomic E-state index is 13.2. The Hall–Kier alpha value is -2.26. The number of halogens is 1. The van der Waals surface area contributed by atoms with Crippen LogP contribution in [0.1, 0.15) is 25.3 Å². The molecule has 2 heterocycles. The molecule has 1 saturated heterocycles. The van der Waals surface area contributed by atoms with Gasteiger partial charge in [0.25, 0.3) is 10.0 Å². The molecule has 0 radical (unpaired) electrons. The maximum Gasteiger partial charge on any atom is 0.262 e. The van der Waals surface area contributed by atoms with Crippen molar-refractivity contribution in [3.8, 4) is 0 Å². The minimum atomic E-state index is -3.73. The highest BCUT2D eigenvalue weighted by Crippen LogP contribution is 2.25. The fraction of sp³-hybridized carbons (Fsp3) is 0.444. The number of piperidine rings is 1. The highest BCUT2D eigenvalue weighted by molar-refractivity contribution is 7.89. The summed E-state index contributed by atoms with van der Waals surface area (Å²) in [4.78, 5) is 16.6.